The van der Waals surface area contributed by atoms with Crippen molar-refractivity contribution in [2.45, 2.75) is 64.2 Å². The largest absolute Gasteiger partial charge is 0.494 e. The second kappa shape index (κ2) is 15.3. The Hall–Kier alpha value is -2.62. The Labute approximate surface area is 180 Å². The first kappa shape index (κ1) is 23.7. The number of ether oxygens (including phenoxy) is 2. The van der Waals surface area contributed by atoms with Gasteiger partial charge in [-0.2, -0.15) is 0 Å². The van der Waals surface area contributed by atoms with E-state index >= 15 is 0 Å². The lowest BCUT2D eigenvalue weighted by Gasteiger charge is -2.07. The van der Waals surface area contributed by atoms with E-state index in [1.54, 1.807) is 24.3 Å². The maximum absolute atomic E-state index is 10.8. The molecule has 0 fully saturated rings. The molecule has 0 N–H and O–H groups in total. The Morgan fingerprint density at radius 1 is 0.533 bits per heavy atom. The molecule has 0 aliphatic rings. The van der Waals surface area contributed by atoms with E-state index in [0.717, 1.165) is 36.9 Å². The van der Waals surface area contributed by atoms with Crippen molar-refractivity contribution in [3.8, 4) is 11.5 Å². The normalized spacial score (nSPS) is 10.5. The highest BCUT2D eigenvalue weighted by Gasteiger charge is 1.98. The van der Waals surface area contributed by atoms with E-state index in [9.17, 15) is 9.59 Å². The Balaban J connectivity index is 1.34. The monoisotopic (exact) mass is 410 g/mol. The highest BCUT2D eigenvalue weighted by atomic mass is 16.5. The number of rotatable bonds is 17. The van der Waals surface area contributed by atoms with Crippen LogP contribution in [0.4, 0.5) is 0 Å². The minimum absolute atomic E-state index is 0.657. The average molecular weight is 411 g/mol. The fourth-order valence-electron chi connectivity index (χ4n) is 3.35. The van der Waals surface area contributed by atoms with Crippen LogP contribution in [0.5, 0.6) is 11.5 Å². The van der Waals surface area contributed by atoms with Crippen LogP contribution in [0.1, 0.15) is 84.9 Å². The van der Waals surface area contributed by atoms with Crippen molar-refractivity contribution < 1.29 is 19.1 Å². The summed E-state index contributed by atoms with van der Waals surface area (Å²) in [6.45, 7) is 1.42. The molecule has 2 aromatic carbocycles. The van der Waals surface area contributed by atoms with Crippen LogP contribution < -0.4 is 9.47 Å². The quantitative estimate of drug-likeness (QED) is 0.216. The van der Waals surface area contributed by atoms with Gasteiger partial charge >= 0.3 is 0 Å². The number of carbonyl (C=O) groups excluding carboxylic acids is 2. The summed E-state index contributed by atoms with van der Waals surface area (Å²) in [5.41, 5.74) is 1.31. The minimum Gasteiger partial charge on any atom is -0.494 e. The predicted molar refractivity (Wildman–Crippen MR) is 121 cm³/mol. The van der Waals surface area contributed by atoms with Gasteiger partial charge in [-0.15, -0.1) is 0 Å². The van der Waals surface area contributed by atoms with Gasteiger partial charge < -0.3 is 9.47 Å². The fraction of sp³-hybridized carbons (Fsp3) is 0.462. The fourth-order valence-corrected chi connectivity index (χ4v) is 3.35. The molecule has 30 heavy (non-hydrogen) atoms. The van der Waals surface area contributed by atoms with Crippen LogP contribution in [0.15, 0.2) is 48.5 Å². The second-order valence-electron chi connectivity index (χ2n) is 7.61. The summed E-state index contributed by atoms with van der Waals surface area (Å²) < 4.78 is 11.4. The molecular formula is C26H34O4. The molecule has 0 heterocycles. The molecule has 4 heteroatoms. The lowest BCUT2D eigenvalue weighted by molar-refractivity contribution is 0.111. The third-order valence-corrected chi connectivity index (χ3v) is 5.06. The van der Waals surface area contributed by atoms with Gasteiger partial charge in [0.05, 0.1) is 13.2 Å². The first-order valence-corrected chi connectivity index (χ1v) is 11.2. The zero-order valence-corrected chi connectivity index (χ0v) is 17.9. The highest BCUT2D eigenvalue weighted by molar-refractivity contribution is 5.75. The van der Waals surface area contributed by atoms with Gasteiger partial charge in [0.15, 0.2) is 0 Å². The predicted octanol–water partition coefficient (Wildman–Crippen LogP) is 6.67. The average Bonchev–Trinajstić information content (AvgIpc) is 2.79. The van der Waals surface area contributed by atoms with Gasteiger partial charge in [-0.25, -0.2) is 0 Å². The number of hydrogen-bond donors (Lipinski definition) is 0. The van der Waals surface area contributed by atoms with E-state index in [1.165, 1.54) is 51.4 Å². The lowest BCUT2D eigenvalue weighted by Crippen LogP contribution is -1.98. The van der Waals surface area contributed by atoms with Crippen LogP contribution in [0.3, 0.4) is 0 Å². The summed E-state index contributed by atoms with van der Waals surface area (Å²) in [5.74, 6) is 1.55. The molecule has 0 radical (unpaired) electrons. The first-order valence-electron chi connectivity index (χ1n) is 11.2. The number of unbranched alkanes of at least 4 members (excludes halogenated alkanes) is 9. The number of benzene rings is 2. The molecular weight excluding hydrogens is 376 g/mol. The summed E-state index contributed by atoms with van der Waals surface area (Å²) in [7, 11) is 0. The Kier molecular flexibility index (Phi) is 12.0. The molecule has 0 saturated carbocycles. The molecule has 0 amide bonds. The summed E-state index contributed by atoms with van der Waals surface area (Å²) in [6, 6.07) is 14.6. The first-order chi connectivity index (χ1) is 14.8. The Morgan fingerprint density at radius 2 is 0.900 bits per heavy atom. The maximum atomic E-state index is 10.8. The molecule has 162 valence electrons. The van der Waals surface area contributed by atoms with Crippen LogP contribution in [-0.2, 0) is 0 Å². The SMILES string of the molecule is O=Cc1cccc(OCCCCCCCCCCCCOc2cccc(C=O)c2)c1. The van der Waals surface area contributed by atoms with Crippen molar-refractivity contribution in [2.24, 2.45) is 0 Å². The summed E-state index contributed by atoms with van der Waals surface area (Å²) in [5, 5.41) is 0. The van der Waals surface area contributed by atoms with Gasteiger partial charge in [0.1, 0.15) is 24.1 Å². The molecule has 2 rings (SSSR count). The van der Waals surface area contributed by atoms with Crippen molar-refractivity contribution in [1.29, 1.82) is 0 Å². The van der Waals surface area contributed by atoms with Crippen LogP contribution in [-0.4, -0.2) is 25.8 Å². The Morgan fingerprint density at radius 3 is 1.27 bits per heavy atom. The van der Waals surface area contributed by atoms with Gasteiger partial charge in [0.25, 0.3) is 0 Å². The molecule has 0 bridgehead atoms. The maximum Gasteiger partial charge on any atom is 0.150 e. The number of aldehydes is 2. The molecule has 0 atom stereocenters. The molecule has 0 aliphatic carbocycles. The van der Waals surface area contributed by atoms with Gasteiger partial charge in [-0.1, -0.05) is 75.6 Å². The van der Waals surface area contributed by atoms with E-state index in [-0.39, 0.29) is 0 Å². The van der Waals surface area contributed by atoms with Crippen LogP contribution in [0.25, 0.3) is 0 Å². The van der Waals surface area contributed by atoms with Crippen molar-refractivity contribution in [2.75, 3.05) is 13.2 Å². The summed E-state index contributed by atoms with van der Waals surface area (Å²) in [6.07, 6.45) is 13.9. The van der Waals surface area contributed by atoms with Crippen molar-refractivity contribution >= 4 is 12.6 Å². The smallest absolute Gasteiger partial charge is 0.150 e. The minimum atomic E-state index is 0.657. The van der Waals surface area contributed by atoms with Crippen LogP contribution in [0.2, 0.25) is 0 Å². The summed E-state index contributed by atoms with van der Waals surface area (Å²) in [4.78, 5) is 21.5. The second-order valence-corrected chi connectivity index (χ2v) is 7.61. The molecule has 0 aliphatic heterocycles. The molecule has 0 spiro atoms. The van der Waals surface area contributed by atoms with Crippen LogP contribution >= 0.6 is 0 Å². The molecule has 0 saturated heterocycles. The van der Waals surface area contributed by atoms with E-state index in [2.05, 4.69) is 0 Å². The van der Waals surface area contributed by atoms with E-state index in [0.29, 0.717) is 24.3 Å². The van der Waals surface area contributed by atoms with Crippen molar-refractivity contribution in [3.05, 3.63) is 59.7 Å². The zero-order chi connectivity index (χ0) is 21.3. The van der Waals surface area contributed by atoms with E-state index in [4.69, 9.17) is 9.47 Å². The van der Waals surface area contributed by atoms with Crippen LogP contribution in [0, 0.1) is 0 Å². The highest BCUT2D eigenvalue weighted by Crippen LogP contribution is 2.15. The van der Waals surface area contributed by atoms with Gasteiger partial charge in [0.2, 0.25) is 0 Å². The number of hydrogen-bond acceptors (Lipinski definition) is 4. The van der Waals surface area contributed by atoms with Gasteiger partial charge in [0, 0.05) is 11.1 Å². The third-order valence-electron chi connectivity index (χ3n) is 5.06. The summed E-state index contributed by atoms with van der Waals surface area (Å²) >= 11 is 0. The molecule has 0 aromatic heterocycles. The lowest BCUT2D eigenvalue weighted by atomic mass is 10.1. The Bertz CT molecular complexity index is 678. The molecule has 0 unspecified atom stereocenters. The third kappa shape index (κ3) is 10.2. The van der Waals surface area contributed by atoms with Crippen molar-refractivity contribution in [3.63, 3.8) is 0 Å². The van der Waals surface area contributed by atoms with E-state index in [1.807, 2.05) is 24.3 Å². The van der Waals surface area contributed by atoms with E-state index < -0.39 is 0 Å². The van der Waals surface area contributed by atoms with Crippen molar-refractivity contribution in [1.82, 2.24) is 0 Å². The number of carbonyl (C=O) groups is 2. The van der Waals surface area contributed by atoms with Gasteiger partial charge in [-0.3, -0.25) is 9.59 Å². The standard InChI is InChI=1S/C26H34O4/c27-21-23-13-11-15-25(19-23)29-17-9-7-5-3-1-2-4-6-8-10-18-30-26-16-12-14-24(20-26)22-28/h11-16,19-22H,1-10,17-18H2. The zero-order valence-electron chi connectivity index (χ0n) is 17.9. The topological polar surface area (TPSA) is 52.6 Å². The molecule has 4 nitrogen and oxygen atoms in total. The molecule has 2 aromatic rings. The van der Waals surface area contributed by atoms with Gasteiger partial charge in [-0.05, 0) is 37.1 Å².